The normalized spacial score (nSPS) is 10.7. The summed E-state index contributed by atoms with van der Waals surface area (Å²) < 4.78 is 2.03. The quantitative estimate of drug-likeness (QED) is 0.628. The van der Waals surface area contributed by atoms with Gasteiger partial charge in [-0.15, -0.1) is 0 Å². The number of rotatable bonds is 7. The highest BCUT2D eigenvalue weighted by atomic mass is 32.2. The van der Waals surface area contributed by atoms with Crippen molar-refractivity contribution < 1.29 is 4.79 Å². The lowest BCUT2D eigenvalue weighted by Crippen LogP contribution is -2.26. The van der Waals surface area contributed by atoms with Gasteiger partial charge in [-0.25, -0.2) is 4.98 Å². The van der Waals surface area contributed by atoms with E-state index >= 15 is 0 Å². The van der Waals surface area contributed by atoms with E-state index in [4.69, 9.17) is 0 Å². The Hall–Kier alpha value is -1.75. The average molecular weight is 317 g/mol. The van der Waals surface area contributed by atoms with Gasteiger partial charge in [-0.3, -0.25) is 9.36 Å². The van der Waals surface area contributed by atoms with E-state index in [1.807, 2.05) is 10.8 Å². The predicted molar refractivity (Wildman–Crippen MR) is 91.7 cm³/mol. The molecule has 1 aromatic heterocycles. The van der Waals surface area contributed by atoms with E-state index in [9.17, 15) is 4.79 Å². The fraction of sp³-hybridized carbons (Fsp3) is 0.412. The van der Waals surface area contributed by atoms with Gasteiger partial charge in [0, 0.05) is 24.6 Å². The van der Waals surface area contributed by atoms with Crippen molar-refractivity contribution in [1.29, 1.82) is 0 Å². The number of imidazole rings is 1. The second-order valence-electron chi connectivity index (χ2n) is 5.42. The third-order valence-electron chi connectivity index (χ3n) is 3.28. The van der Waals surface area contributed by atoms with Crippen LogP contribution < -0.4 is 5.32 Å². The number of nitrogens with one attached hydrogen (secondary N) is 1. The van der Waals surface area contributed by atoms with Crippen LogP contribution in [-0.4, -0.2) is 27.8 Å². The van der Waals surface area contributed by atoms with Gasteiger partial charge in [-0.05, 0) is 43.5 Å². The maximum Gasteiger partial charge on any atom is 0.230 e. The molecule has 0 unspecified atom stereocenters. The van der Waals surface area contributed by atoms with Crippen molar-refractivity contribution in [2.24, 2.45) is 0 Å². The average Bonchev–Trinajstić information content (AvgIpc) is 2.93. The third-order valence-corrected chi connectivity index (χ3v) is 4.24. The Kier molecular flexibility index (Phi) is 6.07. The molecule has 0 atom stereocenters. The molecule has 0 bridgehead atoms. The first-order valence-electron chi connectivity index (χ1n) is 7.61. The molecule has 5 heteroatoms. The number of amides is 1. The highest BCUT2D eigenvalue weighted by molar-refractivity contribution is 7.99. The number of aromatic nitrogens is 2. The number of benzene rings is 1. The van der Waals surface area contributed by atoms with Crippen molar-refractivity contribution in [2.75, 3.05) is 12.3 Å². The Bertz CT molecular complexity index is 616. The summed E-state index contributed by atoms with van der Waals surface area (Å²) in [6, 6.07) is 6.40. The summed E-state index contributed by atoms with van der Waals surface area (Å²) in [5.74, 6) is 0.458. The lowest BCUT2D eigenvalue weighted by Gasteiger charge is -2.10. The lowest BCUT2D eigenvalue weighted by atomic mass is 10.1. The molecule has 2 aromatic rings. The van der Waals surface area contributed by atoms with E-state index in [0.29, 0.717) is 5.75 Å². The predicted octanol–water partition coefficient (Wildman–Crippen LogP) is 3.50. The van der Waals surface area contributed by atoms with Crippen LogP contribution in [0.2, 0.25) is 0 Å². The molecule has 1 amide bonds. The van der Waals surface area contributed by atoms with Gasteiger partial charge in [0.2, 0.25) is 5.91 Å². The molecule has 0 fully saturated rings. The zero-order valence-electron chi connectivity index (χ0n) is 13.4. The Balaban J connectivity index is 2.02. The molecule has 0 radical (unpaired) electrons. The van der Waals surface area contributed by atoms with E-state index in [1.165, 1.54) is 22.9 Å². The van der Waals surface area contributed by atoms with E-state index in [0.717, 1.165) is 30.2 Å². The second kappa shape index (κ2) is 8.03. The van der Waals surface area contributed by atoms with Crippen LogP contribution in [0.4, 0.5) is 0 Å². The molecule has 1 aromatic carbocycles. The fourth-order valence-corrected chi connectivity index (χ4v) is 3.07. The minimum Gasteiger partial charge on any atom is -0.355 e. The van der Waals surface area contributed by atoms with Crippen LogP contribution in [0.3, 0.4) is 0 Å². The van der Waals surface area contributed by atoms with Gasteiger partial charge < -0.3 is 5.32 Å². The summed E-state index contributed by atoms with van der Waals surface area (Å²) in [7, 11) is 0. The number of carbonyl (C=O) groups is 1. The van der Waals surface area contributed by atoms with Crippen LogP contribution in [0.25, 0.3) is 5.69 Å². The maximum absolute atomic E-state index is 11.8. The van der Waals surface area contributed by atoms with Crippen molar-refractivity contribution in [2.45, 2.75) is 38.8 Å². The first-order valence-corrected chi connectivity index (χ1v) is 8.60. The minimum absolute atomic E-state index is 0.0634. The van der Waals surface area contributed by atoms with Crippen LogP contribution in [0, 0.1) is 13.8 Å². The number of aryl methyl sites for hydroxylation is 2. The van der Waals surface area contributed by atoms with Crippen LogP contribution in [0.5, 0.6) is 0 Å². The standard InChI is InChI=1S/C17H23N3OS/c1-4-5-6-18-16(21)12-22-17-19-7-8-20(17)15-10-13(2)9-14(3)11-15/h7-11H,4-6,12H2,1-3H3,(H,18,21). The van der Waals surface area contributed by atoms with Gasteiger partial charge in [-0.2, -0.15) is 0 Å². The molecule has 2 rings (SSSR count). The smallest absolute Gasteiger partial charge is 0.230 e. The minimum atomic E-state index is 0.0634. The molecule has 0 saturated carbocycles. The molecular weight excluding hydrogens is 294 g/mol. The molecular formula is C17H23N3OS. The number of hydrogen-bond donors (Lipinski definition) is 1. The molecule has 22 heavy (non-hydrogen) atoms. The largest absolute Gasteiger partial charge is 0.355 e. The number of unbranched alkanes of at least 4 members (excludes halogenated alkanes) is 1. The van der Waals surface area contributed by atoms with Gasteiger partial charge in [0.25, 0.3) is 0 Å². The van der Waals surface area contributed by atoms with E-state index in [1.54, 1.807) is 6.20 Å². The highest BCUT2D eigenvalue weighted by Crippen LogP contribution is 2.22. The molecule has 0 aliphatic carbocycles. The summed E-state index contributed by atoms with van der Waals surface area (Å²) in [6.07, 6.45) is 5.82. The van der Waals surface area contributed by atoms with E-state index in [2.05, 4.69) is 49.3 Å². The number of nitrogens with zero attached hydrogens (tertiary/aromatic N) is 2. The van der Waals surface area contributed by atoms with Crippen LogP contribution >= 0.6 is 11.8 Å². The lowest BCUT2D eigenvalue weighted by molar-refractivity contribution is -0.118. The third kappa shape index (κ3) is 4.63. The molecule has 4 nitrogen and oxygen atoms in total. The molecule has 0 aliphatic heterocycles. The summed E-state index contributed by atoms with van der Waals surface area (Å²) in [5, 5.41) is 3.77. The highest BCUT2D eigenvalue weighted by Gasteiger charge is 2.09. The molecule has 118 valence electrons. The van der Waals surface area contributed by atoms with E-state index in [-0.39, 0.29) is 5.91 Å². The number of carbonyl (C=O) groups excluding carboxylic acids is 1. The molecule has 1 heterocycles. The monoisotopic (exact) mass is 317 g/mol. The van der Waals surface area contributed by atoms with Gasteiger partial charge in [0.1, 0.15) is 0 Å². The molecule has 0 aliphatic rings. The van der Waals surface area contributed by atoms with Crippen molar-refractivity contribution in [1.82, 2.24) is 14.9 Å². The van der Waals surface area contributed by atoms with Crippen molar-refractivity contribution in [3.05, 3.63) is 41.7 Å². The summed E-state index contributed by atoms with van der Waals surface area (Å²) in [5.41, 5.74) is 3.53. The van der Waals surface area contributed by atoms with Crippen molar-refractivity contribution >= 4 is 17.7 Å². The zero-order chi connectivity index (χ0) is 15.9. The topological polar surface area (TPSA) is 46.9 Å². The molecule has 0 spiro atoms. The Labute approximate surface area is 136 Å². The Morgan fingerprint density at radius 3 is 2.68 bits per heavy atom. The Morgan fingerprint density at radius 2 is 2.00 bits per heavy atom. The van der Waals surface area contributed by atoms with Gasteiger partial charge in [0.15, 0.2) is 5.16 Å². The first kappa shape index (κ1) is 16.6. The fourth-order valence-electron chi connectivity index (χ4n) is 2.27. The number of hydrogen-bond acceptors (Lipinski definition) is 3. The summed E-state index contributed by atoms with van der Waals surface area (Å²) in [6.45, 7) is 7.03. The van der Waals surface area contributed by atoms with Crippen molar-refractivity contribution in [3.8, 4) is 5.69 Å². The van der Waals surface area contributed by atoms with Crippen LogP contribution in [-0.2, 0) is 4.79 Å². The van der Waals surface area contributed by atoms with Gasteiger partial charge in [-0.1, -0.05) is 31.2 Å². The Morgan fingerprint density at radius 1 is 1.27 bits per heavy atom. The summed E-state index contributed by atoms with van der Waals surface area (Å²) in [4.78, 5) is 16.2. The second-order valence-corrected chi connectivity index (χ2v) is 6.36. The van der Waals surface area contributed by atoms with Gasteiger partial charge in [0.05, 0.1) is 5.75 Å². The number of thioether (sulfide) groups is 1. The molecule has 1 N–H and O–H groups in total. The van der Waals surface area contributed by atoms with Gasteiger partial charge >= 0.3 is 0 Å². The maximum atomic E-state index is 11.8. The molecule has 0 saturated heterocycles. The van der Waals surface area contributed by atoms with Crippen LogP contribution in [0.1, 0.15) is 30.9 Å². The van der Waals surface area contributed by atoms with E-state index < -0.39 is 0 Å². The van der Waals surface area contributed by atoms with Crippen LogP contribution in [0.15, 0.2) is 35.7 Å². The first-order chi connectivity index (χ1) is 10.6. The summed E-state index contributed by atoms with van der Waals surface area (Å²) >= 11 is 1.47. The van der Waals surface area contributed by atoms with Crippen molar-refractivity contribution in [3.63, 3.8) is 0 Å². The zero-order valence-corrected chi connectivity index (χ0v) is 14.2. The SMILES string of the molecule is CCCCNC(=O)CSc1nccn1-c1cc(C)cc(C)c1.